The Kier molecular flexibility index (Phi) is 4.93. The summed E-state index contributed by atoms with van der Waals surface area (Å²) in [5, 5.41) is 2.47. The zero-order valence-electron chi connectivity index (χ0n) is 12.6. The molecule has 0 saturated carbocycles. The Morgan fingerprint density at radius 1 is 1.39 bits per heavy atom. The lowest BCUT2D eigenvalue weighted by Gasteiger charge is -2.28. The molecule has 0 radical (unpaired) electrons. The van der Waals surface area contributed by atoms with Crippen LogP contribution in [0.15, 0.2) is 18.2 Å². The third kappa shape index (κ3) is 4.22. The van der Waals surface area contributed by atoms with Crippen LogP contribution < -0.4 is 11.1 Å². The van der Waals surface area contributed by atoms with Crippen molar-refractivity contribution in [3.8, 4) is 0 Å². The van der Waals surface area contributed by atoms with Crippen LogP contribution in [-0.2, 0) is 22.3 Å². The predicted molar refractivity (Wildman–Crippen MR) is 78.3 cm³/mol. The Hall–Kier alpha value is -2.09. The van der Waals surface area contributed by atoms with Gasteiger partial charge in [-0.1, -0.05) is 0 Å². The van der Waals surface area contributed by atoms with Crippen LogP contribution in [0.2, 0.25) is 0 Å². The zero-order chi connectivity index (χ0) is 17.2. The van der Waals surface area contributed by atoms with Gasteiger partial charge in [0.05, 0.1) is 5.56 Å². The highest BCUT2D eigenvalue weighted by molar-refractivity contribution is 5.95. The standard InChI is InChI=1S/C15H18F3N3O2/c1-21-3-2-10(6-13(21)22)14(23)20-12-5-9(8-19)4-11(7-12)15(16,17)18/h4-5,7,10H,2-3,6,8,19H2,1H3,(H,20,23). The van der Waals surface area contributed by atoms with Crippen LogP contribution >= 0.6 is 0 Å². The maximum Gasteiger partial charge on any atom is 0.416 e. The molecular weight excluding hydrogens is 311 g/mol. The van der Waals surface area contributed by atoms with Gasteiger partial charge in [0.15, 0.2) is 0 Å². The fraction of sp³-hybridized carbons (Fsp3) is 0.467. The molecule has 0 bridgehead atoms. The number of nitrogens with zero attached hydrogens (tertiary/aromatic N) is 1. The number of benzene rings is 1. The number of nitrogens with two attached hydrogens (primary N) is 1. The Bertz CT molecular complexity index is 616. The zero-order valence-corrected chi connectivity index (χ0v) is 12.6. The molecular formula is C15H18F3N3O2. The van der Waals surface area contributed by atoms with Gasteiger partial charge in [-0.15, -0.1) is 0 Å². The smallest absolute Gasteiger partial charge is 0.346 e. The average molecular weight is 329 g/mol. The lowest BCUT2D eigenvalue weighted by molar-refractivity contribution is -0.137. The van der Waals surface area contributed by atoms with E-state index in [1.54, 1.807) is 7.05 Å². The number of carbonyl (C=O) groups is 2. The van der Waals surface area contributed by atoms with Gasteiger partial charge >= 0.3 is 6.18 Å². The number of hydrogen-bond acceptors (Lipinski definition) is 3. The van der Waals surface area contributed by atoms with Crippen LogP contribution in [0.1, 0.15) is 24.0 Å². The van der Waals surface area contributed by atoms with Crippen molar-refractivity contribution in [1.29, 1.82) is 0 Å². The molecule has 1 aliphatic heterocycles. The van der Waals surface area contributed by atoms with Crippen molar-refractivity contribution in [1.82, 2.24) is 4.90 Å². The molecule has 2 amide bonds. The number of piperidine rings is 1. The first-order chi connectivity index (χ1) is 10.7. The largest absolute Gasteiger partial charge is 0.416 e. The molecule has 3 N–H and O–H groups in total. The van der Waals surface area contributed by atoms with Gasteiger partial charge in [-0.3, -0.25) is 9.59 Å². The molecule has 2 rings (SSSR count). The van der Waals surface area contributed by atoms with Gasteiger partial charge in [0, 0.05) is 38.2 Å². The number of nitrogens with one attached hydrogen (secondary N) is 1. The second kappa shape index (κ2) is 6.57. The van der Waals surface area contributed by atoms with Gasteiger partial charge in [-0.2, -0.15) is 13.2 Å². The Labute approximate surface area is 131 Å². The molecule has 126 valence electrons. The second-order valence-corrected chi connectivity index (χ2v) is 5.61. The highest BCUT2D eigenvalue weighted by Crippen LogP contribution is 2.32. The van der Waals surface area contributed by atoms with E-state index in [4.69, 9.17) is 5.73 Å². The third-order valence-electron chi connectivity index (χ3n) is 3.85. The van der Waals surface area contributed by atoms with Gasteiger partial charge < -0.3 is 16.0 Å². The summed E-state index contributed by atoms with van der Waals surface area (Å²) in [7, 11) is 1.65. The normalized spacial score (nSPS) is 18.9. The van der Waals surface area contributed by atoms with E-state index in [0.29, 0.717) is 13.0 Å². The Morgan fingerprint density at radius 3 is 2.65 bits per heavy atom. The number of carbonyl (C=O) groups excluding carboxylic acids is 2. The van der Waals surface area contributed by atoms with Gasteiger partial charge in [0.25, 0.3) is 0 Å². The van der Waals surface area contributed by atoms with E-state index in [2.05, 4.69) is 5.32 Å². The molecule has 1 saturated heterocycles. The van der Waals surface area contributed by atoms with E-state index < -0.39 is 23.6 Å². The Morgan fingerprint density at radius 2 is 2.09 bits per heavy atom. The number of amides is 2. The Balaban J connectivity index is 2.16. The van der Waals surface area contributed by atoms with Crippen LogP contribution in [-0.4, -0.2) is 30.3 Å². The van der Waals surface area contributed by atoms with E-state index in [0.717, 1.165) is 12.1 Å². The number of hydrogen-bond donors (Lipinski definition) is 2. The summed E-state index contributed by atoms with van der Waals surface area (Å²) in [5.74, 6) is -1.13. The van der Waals surface area contributed by atoms with Gasteiger partial charge in [0.1, 0.15) is 0 Å². The molecule has 1 atom stereocenters. The highest BCUT2D eigenvalue weighted by atomic mass is 19.4. The molecule has 5 nitrogen and oxygen atoms in total. The predicted octanol–water partition coefficient (Wildman–Crippen LogP) is 1.97. The van der Waals surface area contributed by atoms with Crippen LogP contribution in [0, 0.1) is 5.92 Å². The van der Waals surface area contributed by atoms with Crippen molar-refractivity contribution in [2.45, 2.75) is 25.6 Å². The topological polar surface area (TPSA) is 75.4 Å². The van der Waals surface area contributed by atoms with Crippen molar-refractivity contribution < 1.29 is 22.8 Å². The molecule has 0 aromatic heterocycles. The van der Waals surface area contributed by atoms with E-state index in [-0.39, 0.29) is 30.1 Å². The summed E-state index contributed by atoms with van der Waals surface area (Å²) in [6.45, 7) is 0.382. The summed E-state index contributed by atoms with van der Waals surface area (Å²) < 4.78 is 38.6. The molecule has 1 aromatic carbocycles. The summed E-state index contributed by atoms with van der Waals surface area (Å²) in [6, 6.07) is 3.23. The van der Waals surface area contributed by atoms with Crippen molar-refractivity contribution in [3.63, 3.8) is 0 Å². The van der Waals surface area contributed by atoms with Gasteiger partial charge in [-0.05, 0) is 30.2 Å². The van der Waals surface area contributed by atoms with E-state index in [1.807, 2.05) is 0 Å². The number of rotatable bonds is 3. The first kappa shape index (κ1) is 17.3. The molecule has 0 aliphatic carbocycles. The van der Waals surface area contributed by atoms with Crippen molar-refractivity contribution in [3.05, 3.63) is 29.3 Å². The van der Waals surface area contributed by atoms with E-state index in [1.165, 1.54) is 11.0 Å². The minimum Gasteiger partial charge on any atom is -0.346 e. The lowest BCUT2D eigenvalue weighted by Crippen LogP contribution is -2.39. The summed E-state index contributed by atoms with van der Waals surface area (Å²) in [5.41, 5.74) is 4.85. The minimum absolute atomic E-state index is 0.0386. The maximum atomic E-state index is 12.9. The molecule has 1 unspecified atom stereocenters. The maximum absolute atomic E-state index is 12.9. The SMILES string of the molecule is CN1CCC(C(=O)Nc2cc(CN)cc(C(F)(F)F)c2)CC1=O. The van der Waals surface area contributed by atoms with E-state index in [9.17, 15) is 22.8 Å². The molecule has 1 heterocycles. The fourth-order valence-corrected chi connectivity index (χ4v) is 2.46. The first-order valence-electron chi connectivity index (χ1n) is 7.16. The number of anilines is 1. The molecule has 8 heteroatoms. The minimum atomic E-state index is -4.52. The third-order valence-corrected chi connectivity index (χ3v) is 3.85. The quantitative estimate of drug-likeness (QED) is 0.890. The van der Waals surface area contributed by atoms with Crippen LogP contribution in [0.25, 0.3) is 0 Å². The highest BCUT2D eigenvalue weighted by Gasteiger charge is 2.32. The van der Waals surface area contributed by atoms with Crippen LogP contribution in [0.3, 0.4) is 0 Å². The fourth-order valence-electron chi connectivity index (χ4n) is 2.46. The molecule has 1 fully saturated rings. The van der Waals surface area contributed by atoms with Crippen LogP contribution in [0.4, 0.5) is 18.9 Å². The molecule has 1 aromatic rings. The van der Waals surface area contributed by atoms with Crippen molar-refractivity contribution >= 4 is 17.5 Å². The summed E-state index contributed by atoms with van der Waals surface area (Å²) >= 11 is 0. The molecule has 23 heavy (non-hydrogen) atoms. The van der Waals surface area contributed by atoms with Gasteiger partial charge in [-0.25, -0.2) is 0 Å². The first-order valence-corrected chi connectivity index (χ1v) is 7.16. The lowest BCUT2D eigenvalue weighted by atomic mass is 9.95. The summed E-state index contributed by atoms with van der Waals surface area (Å²) in [4.78, 5) is 25.3. The molecule has 0 spiro atoms. The van der Waals surface area contributed by atoms with Gasteiger partial charge in [0.2, 0.25) is 11.8 Å². The van der Waals surface area contributed by atoms with E-state index >= 15 is 0 Å². The average Bonchev–Trinajstić information content (AvgIpc) is 2.48. The number of likely N-dealkylation sites (tertiary alicyclic amines) is 1. The summed E-state index contributed by atoms with van der Waals surface area (Å²) in [6.07, 6.45) is -3.98. The number of alkyl halides is 3. The van der Waals surface area contributed by atoms with Crippen molar-refractivity contribution in [2.75, 3.05) is 18.9 Å². The van der Waals surface area contributed by atoms with Crippen molar-refractivity contribution in [2.24, 2.45) is 11.7 Å². The number of halogens is 3. The molecule has 1 aliphatic rings. The second-order valence-electron chi connectivity index (χ2n) is 5.61. The van der Waals surface area contributed by atoms with Crippen LogP contribution in [0.5, 0.6) is 0 Å². The monoisotopic (exact) mass is 329 g/mol.